The molecule has 0 unspecified atom stereocenters. The number of thiocarbonyl (C=S) groups is 1. The molecule has 1 amide bonds. The number of amides is 1. The van der Waals surface area contributed by atoms with Crippen molar-refractivity contribution in [1.82, 2.24) is 0 Å². The first kappa shape index (κ1) is 23.5. The third kappa shape index (κ3) is 5.10. The first-order valence-corrected chi connectivity index (χ1v) is 12.4. The molecule has 2 heterocycles. The number of hydrogen-bond acceptors (Lipinski definition) is 7. The van der Waals surface area contributed by atoms with E-state index in [-0.39, 0.29) is 12.7 Å². The van der Waals surface area contributed by atoms with Crippen molar-refractivity contribution >= 4 is 57.6 Å². The van der Waals surface area contributed by atoms with Crippen LogP contribution in [0.5, 0.6) is 23.0 Å². The molecule has 35 heavy (non-hydrogen) atoms. The Morgan fingerprint density at radius 3 is 2.63 bits per heavy atom. The van der Waals surface area contributed by atoms with Gasteiger partial charge in [-0.05, 0) is 60.5 Å². The van der Waals surface area contributed by atoms with Gasteiger partial charge < -0.3 is 18.9 Å². The highest BCUT2D eigenvalue weighted by molar-refractivity contribution is 8.27. The van der Waals surface area contributed by atoms with Crippen molar-refractivity contribution in [1.29, 1.82) is 0 Å². The minimum Gasteiger partial charge on any atom is -0.490 e. The molecule has 178 valence electrons. The normalized spacial score (nSPS) is 15.7. The van der Waals surface area contributed by atoms with E-state index in [1.165, 1.54) is 16.7 Å². The number of benzene rings is 3. The number of carbonyl (C=O) groups excluding carboxylic acids is 1. The lowest BCUT2D eigenvalue weighted by Crippen LogP contribution is -2.27. The second-order valence-electron chi connectivity index (χ2n) is 7.61. The minimum absolute atomic E-state index is 0.165. The Kier molecular flexibility index (Phi) is 6.86. The van der Waals surface area contributed by atoms with Crippen molar-refractivity contribution in [2.45, 2.75) is 13.5 Å². The topological polar surface area (TPSA) is 57.2 Å². The average Bonchev–Trinajstić information content (AvgIpc) is 3.43. The van der Waals surface area contributed by atoms with Crippen LogP contribution in [-0.2, 0) is 11.4 Å². The van der Waals surface area contributed by atoms with Crippen molar-refractivity contribution in [3.63, 3.8) is 0 Å². The molecule has 6 nitrogen and oxygen atoms in total. The molecular weight excluding hydrogens is 506 g/mol. The standard InChI is InChI=1S/C26H20ClNO5S2/c1-2-30-22-11-17(5-9-20(22)31-14-16-3-6-18(27)7-4-16)12-24-25(29)28(26(34)35-24)19-8-10-21-23(13-19)33-15-32-21/h3-13H,2,14-15H2,1H3/b24-12+. The van der Waals surface area contributed by atoms with E-state index in [4.69, 9.17) is 42.8 Å². The van der Waals surface area contributed by atoms with Gasteiger partial charge in [-0.2, -0.15) is 0 Å². The molecule has 5 rings (SSSR count). The van der Waals surface area contributed by atoms with Gasteiger partial charge in [-0.25, -0.2) is 0 Å². The van der Waals surface area contributed by atoms with Gasteiger partial charge in [-0.15, -0.1) is 0 Å². The maximum atomic E-state index is 13.2. The number of carbonyl (C=O) groups is 1. The SMILES string of the molecule is CCOc1cc(/C=C2/SC(=S)N(c3ccc4c(c3)OCO4)C2=O)ccc1OCc1ccc(Cl)cc1. The Morgan fingerprint density at radius 2 is 1.83 bits per heavy atom. The molecule has 2 aliphatic heterocycles. The molecule has 0 saturated carbocycles. The Morgan fingerprint density at radius 1 is 1.03 bits per heavy atom. The predicted molar refractivity (Wildman–Crippen MR) is 142 cm³/mol. The number of ether oxygens (including phenoxy) is 4. The molecule has 3 aromatic carbocycles. The van der Waals surface area contributed by atoms with Gasteiger partial charge in [0.05, 0.1) is 17.2 Å². The summed E-state index contributed by atoms with van der Waals surface area (Å²) in [6.07, 6.45) is 1.80. The molecule has 0 bridgehead atoms. The van der Waals surface area contributed by atoms with E-state index < -0.39 is 0 Å². The Labute approximate surface area is 217 Å². The lowest BCUT2D eigenvalue weighted by molar-refractivity contribution is -0.113. The number of halogens is 1. The summed E-state index contributed by atoms with van der Waals surface area (Å²) in [7, 11) is 0. The van der Waals surface area contributed by atoms with Crippen LogP contribution in [0.1, 0.15) is 18.1 Å². The summed E-state index contributed by atoms with van der Waals surface area (Å²) in [4.78, 5) is 15.2. The maximum absolute atomic E-state index is 13.2. The molecule has 0 aliphatic carbocycles. The molecule has 1 fully saturated rings. The number of anilines is 1. The molecular formula is C26H20ClNO5S2. The van der Waals surface area contributed by atoms with Crippen LogP contribution in [0.4, 0.5) is 5.69 Å². The first-order valence-electron chi connectivity index (χ1n) is 10.8. The molecule has 0 aromatic heterocycles. The lowest BCUT2D eigenvalue weighted by atomic mass is 10.1. The summed E-state index contributed by atoms with van der Waals surface area (Å²) in [5.41, 5.74) is 2.44. The summed E-state index contributed by atoms with van der Waals surface area (Å²) in [5.74, 6) is 2.26. The van der Waals surface area contributed by atoms with E-state index in [1.807, 2.05) is 49.4 Å². The average molecular weight is 526 g/mol. The van der Waals surface area contributed by atoms with E-state index in [2.05, 4.69) is 0 Å². The summed E-state index contributed by atoms with van der Waals surface area (Å²) >= 11 is 12.7. The summed E-state index contributed by atoms with van der Waals surface area (Å²) in [5, 5.41) is 0.678. The van der Waals surface area contributed by atoms with Gasteiger partial charge in [0.2, 0.25) is 6.79 Å². The Bertz CT molecular complexity index is 1330. The number of fused-ring (bicyclic) bond motifs is 1. The number of rotatable bonds is 7. The van der Waals surface area contributed by atoms with Crippen molar-refractivity contribution in [3.8, 4) is 23.0 Å². The molecule has 0 spiro atoms. The van der Waals surface area contributed by atoms with E-state index in [1.54, 1.807) is 24.3 Å². The monoisotopic (exact) mass is 525 g/mol. The molecule has 9 heteroatoms. The zero-order valence-corrected chi connectivity index (χ0v) is 21.0. The molecule has 0 radical (unpaired) electrons. The predicted octanol–water partition coefficient (Wildman–Crippen LogP) is 6.45. The van der Waals surface area contributed by atoms with Crippen molar-refractivity contribution < 1.29 is 23.7 Å². The number of nitrogens with zero attached hydrogens (tertiary/aromatic N) is 1. The minimum atomic E-state index is -0.195. The Balaban J connectivity index is 1.35. The highest BCUT2D eigenvalue weighted by atomic mass is 35.5. The van der Waals surface area contributed by atoms with E-state index in [0.29, 0.717) is 56.1 Å². The van der Waals surface area contributed by atoms with Gasteiger partial charge >= 0.3 is 0 Å². The van der Waals surface area contributed by atoms with Crippen LogP contribution in [0, 0.1) is 0 Å². The van der Waals surface area contributed by atoms with Crippen LogP contribution in [0.3, 0.4) is 0 Å². The van der Waals surface area contributed by atoms with Crippen LogP contribution in [0.25, 0.3) is 6.08 Å². The largest absolute Gasteiger partial charge is 0.490 e. The molecule has 0 atom stereocenters. The highest BCUT2D eigenvalue weighted by Crippen LogP contribution is 2.41. The second kappa shape index (κ2) is 10.2. The van der Waals surface area contributed by atoms with Gasteiger partial charge in [0.15, 0.2) is 27.3 Å². The van der Waals surface area contributed by atoms with Crippen LogP contribution in [-0.4, -0.2) is 23.6 Å². The van der Waals surface area contributed by atoms with Gasteiger partial charge in [-0.3, -0.25) is 9.69 Å². The third-order valence-corrected chi connectivity index (χ3v) is 6.84. The van der Waals surface area contributed by atoms with Crippen molar-refractivity contribution in [2.24, 2.45) is 0 Å². The van der Waals surface area contributed by atoms with Crippen molar-refractivity contribution in [3.05, 3.63) is 81.7 Å². The lowest BCUT2D eigenvalue weighted by Gasteiger charge is -2.15. The smallest absolute Gasteiger partial charge is 0.270 e. The zero-order chi connectivity index (χ0) is 24.4. The van der Waals surface area contributed by atoms with Gasteiger partial charge in [0.25, 0.3) is 5.91 Å². The molecule has 3 aromatic rings. The van der Waals surface area contributed by atoms with E-state index in [9.17, 15) is 4.79 Å². The van der Waals surface area contributed by atoms with Crippen molar-refractivity contribution in [2.75, 3.05) is 18.3 Å². The van der Waals surface area contributed by atoms with Gasteiger partial charge in [0, 0.05) is 11.1 Å². The van der Waals surface area contributed by atoms with E-state index in [0.717, 1.165) is 11.1 Å². The fourth-order valence-corrected chi connectivity index (χ4v) is 5.03. The third-order valence-electron chi connectivity index (χ3n) is 5.28. The molecule has 2 aliphatic rings. The van der Waals surface area contributed by atoms with Crippen LogP contribution >= 0.6 is 35.6 Å². The first-order chi connectivity index (χ1) is 17.0. The number of thioether (sulfide) groups is 1. The Hall–Kier alpha value is -3.20. The van der Waals surface area contributed by atoms with Gasteiger partial charge in [0.1, 0.15) is 6.61 Å². The summed E-state index contributed by atoms with van der Waals surface area (Å²) in [6.45, 7) is 2.93. The molecule has 0 N–H and O–H groups in total. The quantitative estimate of drug-likeness (QED) is 0.259. The number of hydrogen-bond donors (Lipinski definition) is 0. The summed E-state index contributed by atoms with van der Waals surface area (Å²) in [6, 6.07) is 18.4. The maximum Gasteiger partial charge on any atom is 0.270 e. The van der Waals surface area contributed by atoms with Gasteiger partial charge in [-0.1, -0.05) is 53.8 Å². The molecule has 1 saturated heterocycles. The second-order valence-corrected chi connectivity index (χ2v) is 9.72. The van der Waals surface area contributed by atoms with Crippen LogP contribution in [0.15, 0.2) is 65.6 Å². The van der Waals surface area contributed by atoms with Crippen LogP contribution < -0.4 is 23.8 Å². The van der Waals surface area contributed by atoms with E-state index >= 15 is 0 Å². The fourth-order valence-electron chi connectivity index (χ4n) is 3.61. The zero-order valence-electron chi connectivity index (χ0n) is 18.7. The summed E-state index contributed by atoms with van der Waals surface area (Å²) < 4.78 is 23.0. The highest BCUT2D eigenvalue weighted by Gasteiger charge is 2.34. The fraction of sp³-hybridized carbons (Fsp3) is 0.154. The van der Waals surface area contributed by atoms with Crippen LogP contribution in [0.2, 0.25) is 5.02 Å².